The molecule has 0 bridgehead atoms. The van der Waals surface area contributed by atoms with E-state index >= 15 is 0 Å². The van der Waals surface area contributed by atoms with E-state index in [9.17, 15) is 0 Å². The topological polar surface area (TPSA) is 59.3 Å². The molecule has 2 N–H and O–H groups in total. The lowest BCUT2D eigenvalue weighted by atomic mass is 10.1. The van der Waals surface area contributed by atoms with Gasteiger partial charge in [0.05, 0.1) is 18.3 Å². The van der Waals surface area contributed by atoms with Crippen molar-refractivity contribution >= 4 is 16.6 Å². The minimum Gasteiger partial charge on any atom is -0.468 e. The van der Waals surface area contributed by atoms with Crippen LogP contribution in [0, 0.1) is 0 Å². The highest BCUT2D eigenvalue weighted by Gasteiger charge is 2.04. The van der Waals surface area contributed by atoms with Crippen LogP contribution in [0.2, 0.25) is 0 Å². The molecule has 0 spiro atoms. The van der Waals surface area contributed by atoms with E-state index in [0.717, 1.165) is 59.9 Å². The van der Waals surface area contributed by atoms with Gasteiger partial charge in [-0.15, -0.1) is 0 Å². The Balaban J connectivity index is 1.32. The quantitative estimate of drug-likeness (QED) is 0.394. The third kappa shape index (κ3) is 4.69. The minimum atomic E-state index is 0.759. The third-order valence-corrected chi connectivity index (χ3v) is 4.42. The van der Waals surface area contributed by atoms with Crippen LogP contribution < -0.4 is 15.4 Å². The molecule has 5 heteroatoms. The Labute approximate surface area is 164 Å². The monoisotopic (exact) mass is 373 g/mol. The number of aromatic nitrogens is 1. The molecular weight excluding hydrogens is 350 g/mol. The highest BCUT2D eigenvalue weighted by molar-refractivity contribution is 5.91. The van der Waals surface area contributed by atoms with Crippen molar-refractivity contribution in [2.75, 3.05) is 18.4 Å². The van der Waals surface area contributed by atoms with E-state index in [1.54, 1.807) is 6.26 Å². The Morgan fingerprint density at radius 1 is 0.893 bits per heavy atom. The number of hydrogen-bond acceptors (Lipinski definition) is 5. The molecule has 0 saturated carbocycles. The Hall–Kier alpha value is -3.31. The smallest absolute Gasteiger partial charge is 0.129 e. The number of furan rings is 1. The summed E-state index contributed by atoms with van der Waals surface area (Å²) in [5.41, 5.74) is 2.00. The van der Waals surface area contributed by atoms with Crippen molar-refractivity contribution < 1.29 is 9.15 Å². The van der Waals surface area contributed by atoms with Crippen molar-refractivity contribution in [3.05, 3.63) is 85.0 Å². The fraction of sp³-hybridized carbons (Fsp3) is 0.174. The van der Waals surface area contributed by atoms with Gasteiger partial charge in [-0.05, 0) is 55.4 Å². The number of nitrogens with one attached hydrogen (secondary N) is 2. The van der Waals surface area contributed by atoms with Gasteiger partial charge < -0.3 is 19.8 Å². The van der Waals surface area contributed by atoms with E-state index in [1.165, 1.54) is 0 Å². The van der Waals surface area contributed by atoms with Gasteiger partial charge in [0.2, 0.25) is 0 Å². The molecule has 0 aliphatic rings. The van der Waals surface area contributed by atoms with E-state index in [2.05, 4.69) is 21.7 Å². The van der Waals surface area contributed by atoms with Gasteiger partial charge in [-0.1, -0.05) is 18.2 Å². The number of nitrogens with zero attached hydrogens (tertiary/aromatic N) is 1. The highest BCUT2D eigenvalue weighted by atomic mass is 16.5. The Kier molecular flexibility index (Phi) is 5.85. The van der Waals surface area contributed by atoms with Crippen LogP contribution >= 0.6 is 0 Å². The SMILES string of the molecule is c1ccc(Oc2ccc3c(NCCCNCc4ccco4)ccnc3c2)cc1. The zero-order chi connectivity index (χ0) is 19.0. The van der Waals surface area contributed by atoms with Crippen LogP contribution in [0.1, 0.15) is 12.2 Å². The first-order valence-electron chi connectivity index (χ1n) is 9.47. The van der Waals surface area contributed by atoms with Gasteiger partial charge in [-0.25, -0.2) is 0 Å². The molecule has 0 saturated heterocycles. The number of hydrogen-bond donors (Lipinski definition) is 2. The Bertz CT molecular complexity index is 1000. The molecule has 4 aromatic rings. The molecule has 0 amide bonds. The predicted molar refractivity (Wildman–Crippen MR) is 112 cm³/mol. The molecule has 2 aromatic carbocycles. The Morgan fingerprint density at radius 2 is 1.82 bits per heavy atom. The maximum absolute atomic E-state index is 5.91. The van der Waals surface area contributed by atoms with E-state index in [0.29, 0.717) is 0 Å². The largest absolute Gasteiger partial charge is 0.468 e. The van der Waals surface area contributed by atoms with Gasteiger partial charge >= 0.3 is 0 Å². The van der Waals surface area contributed by atoms with Crippen molar-refractivity contribution in [2.24, 2.45) is 0 Å². The summed E-state index contributed by atoms with van der Waals surface area (Å²) in [6, 6.07) is 21.7. The zero-order valence-electron chi connectivity index (χ0n) is 15.6. The molecular formula is C23H23N3O2. The third-order valence-electron chi connectivity index (χ3n) is 4.42. The summed E-state index contributed by atoms with van der Waals surface area (Å²) in [6.07, 6.45) is 4.54. The van der Waals surface area contributed by atoms with Gasteiger partial charge in [-0.2, -0.15) is 0 Å². The van der Waals surface area contributed by atoms with Crippen LogP contribution in [-0.2, 0) is 6.54 Å². The van der Waals surface area contributed by atoms with Crippen LogP contribution in [0.25, 0.3) is 10.9 Å². The lowest BCUT2D eigenvalue weighted by Gasteiger charge is -2.11. The van der Waals surface area contributed by atoms with Crippen LogP contribution in [0.15, 0.2) is 83.6 Å². The van der Waals surface area contributed by atoms with Crippen molar-refractivity contribution in [1.29, 1.82) is 0 Å². The molecule has 2 heterocycles. The Morgan fingerprint density at radius 3 is 2.68 bits per heavy atom. The molecule has 0 fully saturated rings. The number of ether oxygens (including phenoxy) is 1. The average molecular weight is 373 g/mol. The predicted octanol–water partition coefficient (Wildman–Crippen LogP) is 5.21. The second-order valence-corrected chi connectivity index (χ2v) is 6.49. The molecule has 5 nitrogen and oxygen atoms in total. The van der Waals surface area contributed by atoms with E-state index in [4.69, 9.17) is 9.15 Å². The number of pyridine rings is 1. The maximum Gasteiger partial charge on any atom is 0.129 e. The van der Waals surface area contributed by atoms with Crippen molar-refractivity contribution in [1.82, 2.24) is 10.3 Å². The molecule has 0 radical (unpaired) electrons. The number of rotatable bonds is 9. The van der Waals surface area contributed by atoms with Crippen molar-refractivity contribution in [3.8, 4) is 11.5 Å². The van der Waals surface area contributed by atoms with E-state index in [-0.39, 0.29) is 0 Å². The van der Waals surface area contributed by atoms with Crippen LogP contribution in [0.5, 0.6) is 11.5 Å². The fourth-order valence-electron chi connectivity index (χ4n) is 3.03. The summed E-state index contributed by atoms with van der Waals surface area (Å²) in [6.45, 7) is 2.56. The average Bonchev–Trinajstić information content (AvgIpc) is 3.25. The second kappa shape index (κ2) is 9.06. The lowest BCUT2D eigenvalue weighted by molar-refractivity contribution is 0.482. The summed E-state index contributed by atoms with van der Waals surface area (Å²) in [5.74, 6) is 2.56. The van der Waals surface area contributed by atoms with Gasteiger partial charge in [0, 0.05) is 29.9 Å². The normalized spacial score (nSPS) is 10.9. The van der Waals surface area contributed by atoms with Crippen molar-refractivity contribution in [3.63, 3.8) is 0 Å². The molecule has 4 rings (SSSR count). The van der Waals surface area contributed by atoms with Gasteiger partial charge in [-0.3, -0.25) is 4.98 Å². The summed E-state index contributed by atoms with van der Waals surface area (Å²) in [7, 11) is 0. The molecule has 142 valence electrons. The van der Waals surface area contributed by atoms with Gasteiger partial charge in [0.25, 0.3) is 0 Å². The standard InChI is InChI=1S/C23H23N3O2/c1-2-6-18(7-3-1)28-19-9-10-21-22(11-14-26-23(21)16-19)25-13-5-12-24-17-20-8-4-15-27-20/h1-4,6-11,14-16,24H,5,12-13,17H2,(H,25,26). The first-order valence-corrected chi connectivity index (χ1v) is 9.47. The summed E-state index contributed by atoms with van der Waals surface area (Å²) < 4.78 is 11.2. The number of para-hydroxylation sites is 1. The zero-order valence-corrected chi connectivity index (χ0v) is 15.6. The molecule has 0 unspecified atom stereocenters. The van der Waals surface area contributed by atoms with Crippen LogP contribution in [0.4, 0.5) is 5.69 Å². The van der Waals surface area contributed by atoms with E-state index in [1.807, 2.05) is 66.9 Å². The van der Waals surface area contributed by atoms with Crippen molar-refractivity contribution in [2.45, 2.75) is 13.0 Å². The van der Waals surface area contributed by atoms with E-state index < -0.39 is 0 Å². The molecule has 0 aliphatic heterocycles. The summed E-state index contributed by atoms with van der Waals surface area (Å²) in [5, 5.41) is 7.97. The molecule has 28 heavy (non-hydrogen) atoms. The first-order chi connectivity index (χ1) is 13.9. The first kappa shape index (κ1) is 18.1. The minimum absolute atomic E-state index is 0.759. The number of benzene rings is 2. The summed E-state index contributed by atoms with van der Waals surface area (Å²) >= 11 is 0. The fourth-order valence-corrected chi connectivity index (χ4v) is 3.03. The molecule has 0 atom stereocenters. The van der Waals surface area contributed by atoms with Crippen LogP contribution in [-0.4, -0.2) is 18.1 Å². The molecule has 2 aromatic heterocycles. The highest BCUT2D eigenvalue weighted by Crippen LogP contribution is 2.28. The maximum atomic E-state index is 5.91. The van der Waals surface area contributed by atoms with Crippen LogP contribution in [0.3, 0.4) is 0 Å². The number of anilines is 1. The number of fused-ring (bicyclic) bond motifs is 1. The lowest BCUT2D eigenvalue weighted by Crippen LogP contribution is -2.17. The van der Waals surface area contributed by atoms with Gasteiger partial charge in [0.15, 0.2) is 0 Å². The second-order valence-electron chi connectivity index (χ2n) is 6.49. The summed E-state index contributed by atoms with van der Waals surface area (Å²) in [4.78, 5) is 4.49. The molecule has 0 aliphatic carbocycles. The van der Waals surface area contributed by atoms with Gasteiger partial charge in [0.1, 0.15) is 17.3 Å².